The van der Waals surface area contributed by atoms with Crippen molar-refractivity contribution < 1.29 is 23.1 Å². The zero-order valence-corrected chi connectivity index (χ0v) is 12.9. The summed E-state index contributed by atoms with van der Waals surface area (Å²) >= 11 is 0. The Morgan fingerprint density at radius 2 is 1.70 bits per heavy atom. The highest BCUT2D eigenvalue weighted by atomic mass is 19.2. The molecule has 1 atom stereocenters. The minimum atomic E-state index is -1.51. The Hall–Kier alpha value is -1.60. The second-order valence-corrected chi connectivity index (χ2v) is 5.95. The Balaban J connectivity index is 1.97. The molecule has 1 aromatic carbocycles. The molecule has 0 aliphatic heterocycles. The molecule has 0 bridgehead atoms. The molecular formula is C16H21F3N2O2. The molecule has 0 aromatic heterocycles. The topological polar surface area (TPSA) is 61.4 Å². The smallest absolute Gasteiger partial charge is 0.217 e. The van der Waals surface area contributed by atoms with E-state index in [0.29, 0.717) is 0 Å². The van der Waals surface area contributed by atoms with Crippen LogP contribution in [0.4, 0.5) is 13.2 Å². The van der Waals surface area contributed by atoms with Gasteiger partial charge in [0.2, 0.25) is 5.91 Å². The number of hydrogen-bond acceptors (Lipinski definition) is 3. The fourth-order valence-electron chi connectivity index (χ4n) is 3.01. The summed E-state index contributed by atoms with van der Waals surface area (Å²) in [6.07, 6.45) is 3.13. The largest absolute Gasteiger partial charge is 0.394 e. The third kappa shape index (κ3) is 4.68. The summed E-state index contributed by atoms with van der Waals surface area (Å²) < 4.78 is 39.7. The van der Waals surface area contributed by atoms with E-state index < -0.39 is 23.5 Å². The molecule has 4 nitrogen and oxygen atoms in total. The van der Waals surface area contributed by atoms with Crippen LogP contribution in [-0.2, 0) is 4.79 Å². The number of aliphatic hydroxyl groups excluding tert-OH is 1. The van der Waals surface area contributed by atoms with Crippen LogP contribution in [0.2, 0.25) is 0 Å². The Morgan fingerprint density at radius 3 is 2.17 bits per heavy atom. The number of benzene rings is 1. The lowest BCUT2D eigenvalue weighted by molar-refractivity contribution is -0.119. The molecule has 0 spiro atoms. The van der Waals surface area contributed by atoms with Gasteiger partial charge in [0.25, 0.3) is 0 Å². The summed E-state index contributed by atoms with van der Waals surface area (Å²) in [7, 11) is 0. The lowest BCUT2D eigenvalue weighted by atomic mass is 9.90. The lowest BCUT2D eigenvalue weighted by Crippen LogP contribution is -2.43. The third-order valence-corrected chi connectivity index (χ3v) is 4.16. The highest BCUT2D eigenvalue weighted by molar-refractivity contribution is 5.73. The molecule has 1 saturated carbocycles. The van der Waals surface area contributed by atoms with Crippen LogP contribution in [-0.4, -0.2) is 29.7 Å². The van der Waals surface area contributed by atoms with Crippen LogP contribution in [0.5, 0.6) is 0 Å². The van der Waals surface area contributed by atoms with Crippen molar-refractivity contribution in [2.24, 2.45) is 0 Å². The van der Waals surface area contributed by atoms with Gasteiger partial charge in [-0.15, -0.1) is 0 Å². The van der Waals surface area contributed by atoms with Crippen molar-refractivity contribution in [3.8, 4) is 0 Å². The number of carbonyl (C=O) groups excluding carboxylic acids is 1. The predicted molar refractivity (Wildman–Crippen MR) is 79.1 cm³/mol. The van der Waals surface area contributed by atoms with Crippen molar-refractivity contribution in [2.75, 3.05) is 6.61 Å². The molecule has 128 valence electrons. The second kappa shape index (κ2) is 7.79. The van der Waals surface area contributed by atoms with Gasteiger partial charge in [0.05, 0.1) is 12.6 Å². The SMILES string of the molecule is CC(=O)NC1CCC(N[C@H](CO)c2cc(F)c(F)c(F)c2)CC1. The summed E-state index contributed by atoms with van der Waals surface area (Å²) in [5, 5.41) is 15.5. The van der Waals surface area contributed by atoms with E-state index in [2.05, 4.69) is 10.6 Å². The number of halogens is 3. The molecule has 0 unspecified atom stereocenters. The molecule has 1 aliphatic rings. The normalized spacial score (nSPS) is 22.7. The van der Waals surface area contributed by atoms with Crippen LogP contribution < -0.4 is 10.6 Å². The predicted octanol–water partition coefficient (Wildman–Crippen LogP) is 2.17. The van der Waals surface area contributed by atoms with Crippen LogP contribution in [0.15, 0.2) is 12.1 Å². The van der Waals surface area contributed by atoms with Gasteiger partial charge in [-0.25, -0.2) is 13.2 Å². The number of nitrogens with one attached hydrogen (secondary N) is 2. The van der Waals surface area contributed by atoms with Gasteiger partial charge in [0.1, 0.15) is 0 Å². The molecule has 3 N–H and O–H groups in total. The van der Waals surface area contributed by atoms with Crippen LogP contribution in [0.1, 0.15) is 44.2 Å². The molecule has 1 amide bonds. The summed E-state index contributed by atoms with van der Waals surface area (Å²) in [5.41, 5.74) is 0.174. The second-order valence-electron chi connectivity index (χ2n) is 5.95. The van der Waals surface area contributed by atoms with Gasteiger partial charge in [-0.05, 0) is 43.4 Å². The molecule has 0 radical (unpaired) electrons. The summed E-state index contributed by atoms with van der Waals surface area (Å²) in [6.45, 7) is 1.12. The summed E-state index contributed by atoms with van der Waals surface area (Å²) in [6, 6.07) is 1.33. The van der Waals surface area contributed by atoms with Crippen molar-refractivity contribution in [2.45, 2.75) is 50.7 Å². The quantitative estimate of drug-likeness (QED) is 0.725. The molecular weight excluding hydrogens is 309 g/mol. The number of hydrogen-bond donors (Lipinski definition) is 3. The van der Waals surface area contributed by atoms with Gasteiger partial charge >= 0.3 is 0 Å². The fraction of sp³-hybridized carbons (Fsp3) is 0.562. The van der Waals surface area contributed by atoms with Crippen LogP contribution in [0.25, 0.3) is 0 Å². The average molecular weight is 330 g/mol. The molecule has 0 heterocycles. The first-order valence-electron chi connectivity index (χ1n) is 7.69. The molecule has 0 saturated heterocycles. The molecule has 1 fully saturated rings. The molecule has 1 aliphatic carbocycles. The Kier molecular flexibility index (Phi) is 6.01. The van der Waals surface area contributed by atoms with Crippen LogP contribution in [0, 0.1) is 17.5 Å². The van der Waals surface area contributed by atoms with Gasteiger partial charge in [-0.2, -0.15) is 0 Å². The highest BCUT2D eigenvalue weighted by Crippen LogP contribution is 2.24. The molecule has 7 heteroatoms. The number of aliphatic hydroxyl groups is 1. The van der Waals surface area contributed by atoms with Gasteiger partial charge < -0.3 is 15.7 Å². The minimum Gasteiger partial charge on any atom is -0.394 e. The van der Waals surface area contributed by atoms with E-state index in [9.17, 15) is 23.1 Å². The maximum atomic E-state index is 13.3. The van der Waals surface area contributed by atoms with E-state index in [1.54, 1.807) is 0 Å². The molecule has 2 rings (SSSR count). The zero-order chi connectivity index (χ0) is 17.0. The van der Waals surface area contributed by atoms with Gasteiger partial charge in [-0.1, -0.05) is 0 Å². The number of rotatable bonds is 5. The van der Waals surface area contributed by atoms with Crippen LogP contribution in [0.3, 0.4) is 0 Å². The molecule has 23 heavy (non-hydrogen) atoms. The van der Waals surface area contributed by atoms with E-state index >= 15 is 0 Å². The maximum Gasteiger partial charge on any atom is 0.217 e. The number of amides is 1. The van der Waals surface area contributed by atoms with E-state index in [1.165, 1.54) is 6.92 Å². The zero-order valence-electron chi connectivity index (χ0n) is 12.9. The highest BCUT2D eigenvalue weighted by Gasteiger charge is 2.25. The lowest BCUT2D eigenvalue weighted by Gasteiger charge is -2.32. The first-order valence-corrected chi connectivity index (χ1v) is 7.69. The first-order chi connectivity index (χ1) is 10.9. The van der Waals surface area contributed by atoms with Crippen molar-refractivity contribution in [3.63, 3.8) is 0 Å². The van der Waals surface area contributed by atoms with Gasteiger partial charge in [-0.3, -0.25) is 4.79 Å². The van der Waals surface area contributed by atoms with E-state index in [1.807, 2.05) is 0 Å². The summed E-state index contributed by atoms with van der Waals surface area (Å²) in [5.74, 6) is -4.11. The monoisotopic (exact) mass is 330 g/mol. The maximum absolute atomic E-state index is 13.3. The van der Waals surface area contributed by atoms with Crippen LogP contribution >= 0.6 is 0 Å². The van der Waals surface area contributed by atoms with Crippen molar-refractivity contribution in [3.05, 3.63) is 35.1 Å². The van der Waals surface area contributed by atoms with Crippen molar-refractivity contribution in [1.29, 1.82) is 0 Å². The number of carbonyl (C=O) groups is 1. The van der Waals surface area contributed by atoms with E-state index in [-0.39, 0.29) is 30.2 Å². The van der Waals surface area contributed by atoms with Gasteiger partial charge in [0.15, 0.2) is 17.5 Å². The summed E-state index contributed by atoms with van der Waals surface area (Å²) in [4.78, 5) is 11.0. The average Bonchev–Trinajstić information content (AvgIpc) is 2.51. The van der Waals surface area contributed by atoms with E-state index in [0.717, 1.165) is 37.8 Å². The van der Waals surface area contributed by atoms with Crippen molar-refractivity contribution in [1.82, 2.24) is 10.6 Å². The molecule has 1 aromatic rings. The van der Waals surface area contributed by atoms with E-state index in [4.69, 9.17) is 0 Å². The Bertz CT molecular complexity index is 537. The Morgan fingerprint density at radius 1 is 1.17 bits per heavy atom. The standard InChI is InChI=1S/C16H21F3N2O2/c1-9(23)20-11-2-4-12(5-3-11)21-15(8-22)10-6-13(17)16(19)14(18)7-10/h6-7,11-12,15,21-22H,2-5,8H2,1H3,(H,20,23)/t11?,12?,15-/m1/s1. The van der Waals surface area contributed by atoms with Crippen molar-refractivity contribution >= 4 is 5.91 Å². The fourth-order valence-corrected chi connectivity index (χ4v) is 3.01. The van der Waals surface area contributed by atoms with Gasteiger partial charge in [0, 0.05) is 19.0 Å². The minimum absolute atomic E-state index is 0.0630. The first kappa shape index (κ1) is 17.7. The third-order valence-electron chi connectivity index (χ3n) is 4.16. The Labute approximate surface area is 133 Å².